The van der Waals surface area contributed by atoms with Crippen LogP contribution in [0.1, 0.15) is 17.0 Å². The molecule has 1 aliphatic rings. The maximum atomic E-state index is 14.1. The van der Waals surface area contributed by atoms with Crippen molar-refractivity contribution in [2.45, 2.75) is 18.9 Å². The molecule has 0 bridgehead atoms. The Labute approximate surface area is 225 Å². The number of benzene rings is 2. The third kappa shape index (κ3) is 5.55. The molecular formula is C28H31F2N7O2. The number of rotatable bonds is 8. The molecule has 0 aliphatic carbocycles. The Balaban J connectivity index is 1.42. The highest BCUT2D eigenvalue weighted by Gasteiger charge is 2.35. The summed E-state index contributed by atoms with van der Waals surface area (Å²) in [4.78, 5) is 15.6. The van der Waals surface area contributed by atoms with Crippen LogP contribution in [0.2, 0.25) is 0 Å². The van der Waals surface area contributed by atoms with Gasteiger partial charge in [-0.25, -0.2) is 18.3 Å². The van der Waals surface area contributed by atoms with Crippen LogP contribution in [0.3, 0.4) is 0 Å². The van der Waals surface area contributed by atoms with E-state index in [4.69, 9.17) is 9.84 Å². The predicted molar refractivity (Wildman–Crippen MR) is 144 cm³/mol. The summed E-state index contributed by atoms with van der Waals surface area (Å²) in [7, 11) is 3.47. The standard InChI is InChI=1S/C28H31F2N7O2/c1-18-26(25-11-12-31-35(25)2)34-37(20-7-5-4-6-8-20)27(18)33-28(38)32-24-17-36(13-14-39-3)16-21(24)19-9-10-22(29)23(30)15-19/h4-12,15,21,24H,13-14,16-17H2,1-3H3,(H2,32,33,38). The number of carbonyl (C=O) groups is 1. The highest BCUT2D eigenvalue weighted by atomic mass is 19.2. The fourth-order valence-electron chi connectivity index (χ4n) is 5.08. The number of halogens is 2. The molecule has 0 radical (unpaired) electrons. The summed E-state index contributed by atoms with van der Waals surface area (Å²) in [6, 6.07) is 14.6. The van der Waals surface area contributed by atoms with Gasteiger partial charge in [0.25, 0.3) is 0 Å². The number of anilines is 1. The smallest absolute Gasteiger partial charge is 0.320 e. The Morgan fingerprint density at radius 3 is 2.59 bits per heavy atom. The van der Waals surface area contributed by atoms with Gasteiger partial charge >= 0.3 is 6.03 Å². The Kier molecular flexibility index (Phi) is 7.71. The zero-order chi connectivity index (χ0) is 27.5. The molecule has 0 spiro atoms. The van der Waals surface area contributed by atoms with E-state index in [9.17, 15) is 13.6 Å². The lowest BCUT2D eigenvalue weighted by atomic mass is 9.94. The molecule has 2 aromatic heterocycles. The van der Waals surface area contributed by atoms with Crippen molar-refractivity contribution in [1.29, 1.82) is 0 Å². The molecule has 2 N–H and O–H groups in total. The minimum Gasteiger partial charge on any atom is -0.383 e. The number of nitrogens with zero attached hydrogens (tertiary/aromatic N) is 5. The average molecular weight is 536 g/mol. The van der Waals surface area contributed by atoms with E-state index < -0.39 is 17.7 Å². The molecule has 2 amide bonds. The molecule has 2 unspecified atom stereocenters. The van der Waals surface area contributed by atoms with Gasteiger partial charge in [-0.15, -0.1) is 0 Å². The van der Waals surface area contributed by atoms with Crippen LogP contribution in [-0.2, 0) is 11.8 Å². The van der Waals surface area contributed by atoms with Crippen LogP contribution in [0, 0.1) is 18.6 Å². The average Bonchev–Trinajstić information content (AvgIpc) is 3.62. The fourth-order valence-corrected chi connectivity index (χ4v) is 5.08. The number of amides is 2. The predicted octanol–water partition coefficient (Wildman–Crippen LogP) is 4.10. The molecule has 204 valence electrons. The lowest BCUT2D eigenvalue weighted by molar-refractivity contribution is 0.159. The van der Waals surface area contributed by atoms with Gasteiger partial charge in [-0.1, -0.05) is 24.3 Å². The largest absolute Gasteiger partial charge is 0.383 e. The molecule has 3 heterocycles. The number of hydrogen-bond acceptors (Lipinski definition) is 5. The van der Waals surface area contributed by atoms with E-state index in [0.29, 0.717) is 43.3 Å². The number of aromatic nitrogens is 4. The van der Waals surface area contributed by atoms with Crippen molar-refractivity contribution < 1.29 is 18.3 Å². The van der Waals surface area contributed by atoms with Crippen molar-refractivity contribution >= 4 is 11.8 Å². The Hall–Kier alpha value is -4.09. The van der Waals surface area contributed by atoms with Gasteiger partial charge < -0.3 is 10.1 Å². The molecule has 9 nitrogen and oxygen atoms in total. The first-order chi connectivity index (χ1) is 18.9. The second-order valence-electron chi connectivity index (χ2n) is 9.65. The second kappa shape index (κ2) is 11.3. The van der Waals surface area contributed by atoms with Gasteiger partial charge in [-0.05, 0) is 42.8 Å². The number of para-hydroxylation sites is 1. The molecule has 11 heteroatoms. The minimum absolute atomic E-state index is 0.229. The van der Waals surface area contributed by atoms with E-state index in [1.165, 1.54) is 6.07 Å². The zero-order valence-corrected chi connectivity index (χ0v) is 22.1. The third-order valence-electron chi connectivity index (χ3n) is 7.11. The van der Waals surface area contributed by atoms with Crippen LogP contribution in [-0.4, -0.2) is 69.9 Å². The van der Waals surface area contributed by atoms with Crippen molar-refractivity contribution in [2.75, 3.05) is 38.7 Å². The minimum atomic E-state index is -0.906. The van der Waals surface area contributed by atoms with Gasteiger partial charge in [0.05, 0.1) is 24.0 Å². The summed E-state index contributed by atoms with van der Waals surface area (Å²) in [5, 5.41) is 15.1. The molecule has 0 saturated carbocycles. The van der Waals surface area contributed by atoms with Crippen LogP contribution in [0.5, 0.6) is 0 Å². The van der Waals surface area contributed by atoms with Crippen LogP contribution in [0.25, 0.3) is 17.1 Å². The highest BCUT2D eigenvalue weighted by molar-refractivity contribution is 5.91. The molecule has 1 fully saturated rings. The van der Waals surface area contributed by atoms with E-state index in [0.717, 1.165) is 23.0 Å². The first-order valence-electron chi connectivity index (χ1n) is 12.7. The summed E-state index contributed by atoms with van der Waals surface area (Å²) in [5.74, 6) is -1.51. The summed E-state index contributed by atoms with van der Waals surface area (Å²) in [6.07, 6.45) is 1.70. The molecule has 4 aromatic rings. The van der Waals surface area contributed by atoms with Crippen LogP contribution < -0.4 is 10.6 Å². The lowest BCUT2D eigenvalue weighted by Gasteiger charge is -2.21. The lowest BCUT2D eigenvalue weighted by Crippen LogP contribution is -2.42. The number of carbonyl (C=O) groups excluding carboxylic acids is 1. The fraction of sp³-hybridized carbons (Fsp3) is 0.321. The molecular weight excluding hydrogens is 504 g/mol. The first-order valence-corrected chi connectivity index (χ1v) is 12.7. The molecule has 39 heavy (non-hydrogen) atoms. The molecule has 1 saturated heterocycles. The number of methoxy groups -OCH3 is 1. The third-order valence-corrected chi connectivity index (χ3v) is 7.11. The summed E-state index contributed by atoms with van der Waals surface area (Å²) < 4.78 is 36.4. The number of urea groups is 1. The number of likely N-dealkylation sites (tertiary alicyclic amines) is 1. The van der Waals surface area contributed by atoms with E-state index >= 15 is 0 Å². The van der Waals surface area contributed by atoms with E-state index in [1.54, 1.807) is 28.7 Å². The van der Waals surface area contributed by atoms with Crippen molar-refractivity contribution in [2.24, 2.45) is 7.05 Å². The van der Waals surface area contributed by atoms with Gasteiger partial charge in [0.15, 0.2) is 11.6 Å². The van der Waals surface area contributed by atoms with E-state index in [-0.39, 0.29) is 12.0 Å². The van der Waals surface area contributed by atoms with E-state index in [1.807, 2.05) is 50.4 Å². The van der Waals surface area contributed by atoms with Gasteiger partial charge in [-0.2, -0.15) is 10.2 Å². The molecule has 5 rings (SSSR count). The maximum absolute atomic E-state index is 14.1. The summed E-state index contributed by atoms with van der Waals surface area (Å²) >= 11 is 0. The topological polar surface area (TPSA) is 89.2 Å². The summed E-state index contributed by atoms with van der Waals surface area (Å²) in [5.41, 5.74) is 3.70. The highest BCUT2D eigenvalue weighted by Crippen LogP contribution is 2.31. The van der Waals surface area contributed by atoms with Gasteiger partial charge in [-0.3, -0.25) is 14.9 Å². The number of ether oxygens (including phenoxy) is 1. The Morgan fingerprint density at radius 1 is 1.10 bits per heavy atom. The van der Waals surface area contributed by atoms with Crippen molar-refractivity contribution in [3.63, 3.8) is 0 Å². The normalized spacial score (nSPS) is 17.5. The molecule has 2 atom stereocenters. The Bertz CT molecular complexity index is 1450. The van der Waals surface area contributed by atoms with Crippen molar-refractivity contribution in [3.05, 3.63) is 83.6 Å². The van der Waals surface area contributed by atoms with Gasteiger partial charge in [0.1, 0.15) is 11.5 Å². The Morgan fingerprint density at radius 2 is 1.90 bits per heavy atom. The zero-order valence-electron chi connectivity index (χ0n) is 22.1. The second-order valence-corrected chi connectivity index (χ2v) is 9.65. The molecule has 1 aliphatic heterocycles. The van der Waals surface area contributed by atoms with E-state index in [2.05, 4.69) is 20.6 Å². The maximum Gasteiger partial charge on any atom is 0.320 e. The quantitative estimate of drug-likeness (QED) is 0.355. The monoisotopic (exact) mass is 535 g/mol. The summed E-state index contributed by atoms with van der Waals surface area (Å²) in [6.45, 7) is 4.19. The van der Waals surface area contributed by atoms with Crippen LogP contribution in [0.4, 0.5) is 19.4 Å². The van der Waals surface area contributed by atoms with Gasteiger partial charge in [0, 0.05) is 51.5 Å². The van der Waals surface area contributed by atoms with Crippen LogP contribution in [0.15, 0.2) is 60.8 Å². The number of hydrogen-bond donors (Lipinski definition) is 2. The van der Waals surface area contributed by atoms with Gasteiger partial charge in [0.2, 0.25) is 0 Å². The molecule has 2 aromatic carbocycles. The number of aryl methyl sites for hydroxylation is 1. The van der Waals surface area contributed by atoms with Crippen molar-refractivity contribution in [1.82, 2.24) is 29.8 Å². The first kappa shape index (κ1) is 26.5. The van der Waals surface area contributed by atoms with Crippen LogP contribution >= 0.6 is 0 Å². The number of nitrogens with one attached hydrogen (secondary N) is 2. The van der Waals surface area contributed by atoms with Crippen molar-refractivity contribution in [3.8, 4) is 17.1 Å². The SMILES string of the molecule is COCCN1CC(NC(=O)Nc2c(C)c(-c3ccnn3C)nn2-c2ccccc2)C(c2ccc(F)c(F)c2)C1.